The number of halogens is 3. The third-order valence-corrected chi connectivity index (χ3v) is 4.30. The summed E-state index contributed by atoms with van der Waals surface area (Å²) in [6, 6.07) is 5.46. The summed E-state index contributed by atoms with van der Waals surface area (Å²) >= 11 is 0. The van der Waals surface area contributed by atoms with E-state index in [0.29, 0.717) is 11.5 Å². The molecule has 0 spiro atoms. The summed E-state index contributed by atoms with van der Waals surface area (Å²) in [6.45, 7) is 4.04. The maximum atomic E-state index is 13.2. The molecule has 0 aromatic heterocycles. The Morgan fingerprint density at radius 1 is 1.33 bits per heavy atom. The van der Waals surface area contributed by atoms with Crippen molar-refractivity contribution in [1.82, 2.24) is 4.90 Å². The van der Waals surface area contributed by atoms with Gasteiger partial charge in [-0.1, -0.05) is 31.5 Å². The molecule has 118 valence electrons. The monoisotopic (exact) mass is 300 g/mol. The van der Waals surface area contributed by atoms with Gasteiger partial charge in [-0.2, -0.15) is 13.2 Å². The normalized spacial score (nSPS) is 21.7. The van der Waals surface area contributed by atoms with Crippen LogP contribution in [0.2, 0.25) is 0 Å². The molecular formula is C16H23F3N2. The zero-order valence-electron chi connectivity index (χ0n) is 12.4. The van der Waals surface area contributed by atoms with Gasteiger partial charge in [0.05, 0.1) is 5.56 Å². The highest BCUT2D eigenvalue weighted by molar-refractivity contribution is 5.33. The lowest BCUT2D eigenvalue weighted by Crippen LogP contribution is -2.33. The van der Waals surface area contributed by atoms with Crippen molar-refractivity contribution in [1.29, 1.82) is 0 Å². The highest BCUT2D eigenvalue weighted by Gasteiger charge is 2.37. The van der Waals surface area contributed by atoms with Crippen molar-refractivity contribution in [3.05, 3.63) is 35.4 Å². The first-order valence-electron chi connectivity index (χ1n) is 7.57. The van der Waals surface area contributed by atoms with Gasteiger partial charge in [-0.15, -0.1) is 0 Å². The quantitative estimate of drug-likeness (QED) is 0.895. The summed E-state index contributed by atoms with van der Waals surface area (Å²) < 4.78 is 39.5. The van der Waals surface area contributed by atoms with Crippen LogP contribution in [0, 0.1) is 5.92 Å². The van der Waals surface area contributed by atoms with E-state index < -0.39 is 11.7 Å². The molecule has 2 rings (SSSR count). The van der Waals surface area contributed by atoms with Crippen LogP contribution in [0.5, 0.6) is 0 Å². The lowest BCUT2D eigenvalue weighted by Gasteiger charge is -2.29. The first-order valence-corrected chi connectivity index (χ1v) is 7.57. The summed E-state index contributed by atoms with van der Waals surface area (Å²) in [7, 11) is 0. The van der Waals surface area contributed by atoms with Gasteiger partial charge in [0.2, 0.25) is 0 Å². The topological polar surface area (TPSA) is 29.3 Å². The minimum absolute atomic E-state index is 0.214. The Labute approximate surface area is 124 Å². The lowest BCUT2D eigenvalue weighted by molar-refractivity contribution is -0.138. The van der Waals surface area contributed by atoms with E-state index in [9.17, 15) is 13.2 Å². The van der Waals surface area contributed by atoms with Crippen molar-refractivity contribution in [2.45, 2.75) is 38.4 Å². The largest absolute Gasteiger partial charge is 0.416 e. The fourth-order valence-electron chi connectivity index (χ4n) is 3.31. The van der Waals surface area contributed by atoms with Crippen molar-refractivity contribution in [2.24, 2.45) is 11.7 Å². The summed E-state index contributed by atoms with van der Waals surface area (Å²) in [5.74, 6) is 0.585. The molecule has 2 N–H and O–H groups in total. The molecule has 2 unspecified atom stereocenters. The number of alkyl halides is 3. The average Bonchev–Trinajstić information content (AvgIpc) is 2.88. The summed E-state index contributed by atoms with van der Waals surface area (Å²) in [5.41, 5.74) is 5.56. The third kappa shape index (κ3) is 3.77. The average molecular weight is 300 g/mol. The number of rotatable bonds is 5. The molecule has 1 saturated heterocycles. The minimum atomic E-state index is -4.33. The zero-order valence-corrected chi connectivity index (χ0v) is 12.4. The Hall–Kier alpha value is -1.07. The van der Waals surface area contributed by atoms with Gasteiger partial charge in [0.1, 0.15) is 0 Å². The van der Waals surface area contributed by atoms with Crippen LogP contribution < -0.4 is 5.73 Å². The molecule has 1 heterocycles. The summed E-state index contributed by atoms with van der Waals surface area (Å²) in [4.78, 5) is 2.12. The summed E-state index contributed by atoms with van der Waals surface area (Å²) in [6.07, 6.45) is -1.02. The molecule has 1 aliphatic heterocycles. The van der Waals surface area contributed by atoms with Crippen LogP contribution in [0.4, 0.5) is 13.2 Å². The first-order chi connectivity index (χ1) is 9.97. The van der Waals surface area contributed by atoms with E-state index in [1.54, 1.807) is 12.1 Å². The Morgan fingerprint density at radius 3 is 2.67 bits per heavy atom. The van der Waals surface area contributed by atoms with E-state index in [1.165, 1.54) is 6.07 Å². The number of likely N-dealkylation sites (tertiary alicyclic amines) is 1. The van der Waals surface area contributed by atoms with Crippen molar-refractivity contribution in [3.63, 3.8) is 0 Å². The van der Waals surface area contributed by atoms with Crippen LogP contribution in [-0.2, 0) is 6.18 Å². The molecule has 0 saturated carbocycles. The van der Waals surface area contributed by atoms with Crippen molar-refractivity contribution in [3.8, 4) is 0 Å². The molecule has 1 aromatic rings. The highest BCUT2D eigenvalue weighted by atomic mass is 19.4. The van der Waals surface area contributed by atoms with Crippen LogP contribution in [0.3, 0.4) is 0 Å². The molecule has 0 aliphatic carbocycles. The van der Waals surface area contributed by atoms with Gasteiger partial charge in [0.15, 0.2) is 0 Å². The Morgan fingerprint density at radius 2 is 2.05 bits per heavy atom. The Bertz CT molecular complexity index is 459. The fraction of sp³-hybridized carbons (Fsp3) is 0.625. The van der Waals surface area contributed by atoms with Crippen LogP contribution in [0.15, 0.2) is 24.3 Å². The second kappa shape index (κ2) is 6.79. The lowest BCUT2D eigenvalue weighted by atomic mass is 9.98. The molecule has 1 fully saturated rings. The van der Waals surface area contributed by atoms with Crippen LogP contribution >= 0.6 is 0 Å². The molecule has 0 bridgehead atoms. The second-order valence-corrected chi connectivity index (χ2v) is 5.77. The van der Waals surface area contributed by atoms with Crippen molar-refractivity contribution < 1.29 is 13.2 Å². The molecule has 1 aromatic carbocycles. The van der Waals surface area contributed by atoms with Gasteiger partial charge in [-0.25, -0.2) is 0 Å². The molecule has 21 heavy (non-hydrogen) atoms. The molecule has 0 amide bonds. The molecule has 5 heteroatoms. The molecule has 2 atom stereocenters. The number of hydrogen-bond acceptors (Lipinski definition) is 2. The van der Waals surface area contributed by atoms with Crippen LogP contribution in [0.25, 0.3) is 0 Å². The van der Waals surface area contributed by atoms with E-state index in [2.05, 4.69) is 11.8 Å². The van der Waals surface area contributed by atoms with Crippen LogP contribution in [-0.4, -0.2) is 24.5 Å². The molecule has 0 radical (unpaired) electrons. The SMILES string of the molecule is CCCC1CCN(C(CN)c2ccccc2C(F)(F)F)C1. The van der Waals surface area contributed by atoms with Gasteiger partial charge < -0.3 is 5.73 Å². The highest BCUT2D eigenvalue weighted by Crippen LogP contribution is 2.37. The van der Waals surface area contributed by atoms with E-state index >= 15 is 0 Å². The minimum Gasteiger partial charge on any atom is -0.329 e. The molecule has 2 nitrogen and oxygen atoms in total. The van der Waals surface area contributed by atoms with Crippen molar-refractivity contribution >= 4 is 0 Å². The number of benzene rings is 1. The third-order valence-electron chi connectivity index (χ3n) is 4.30. The Kier molecular flexibility index (Phi) is 5.27. The fourth-order valence-corrected chi connectivity index (χ4v) is 3.31. The van der Waals surface area contributed by atoms with Gasteiger partial charge in [-0.05, 0) is 36.9 Å². The number of hydrogen-bond donors (Lipinski definition) is 1. The Balaban J connectivity index is 2.23. The maximum absolute atomic E-state index is 13.2. The molecule has 1 aliphatic rings. The predicted octanol–water partition coefficient (Wildman–Crippen LogP) is 3.83. The predicted molar refractivity (Wildman–Crippen MR) is 77.8 cm³/mol. The van der Waals surface area contributed by atoms with Gasteiger partial charge >= 0.3 is 6.18 Å². The standard InChI is InChI=1S/C16H23F3N2/c1-2-5-12-8-9-21(11-12)15(10-20)13-6-3-4-7-14(13)16(17,18)19/h3-4,6-7,12,15H,2,5,8-11,20H2,1H3. The number of nitrogens with zero attached hydrogens (tertiary/aromatic N) is 1. The van der Waals surface area contributed by atoms with Gasteiger partial charge in [0, 0.05) is 19.1 Å². The first kappa shape index (κ1) is 16.3. The van der Waals surface area contributed by atoms with Crippen LogP contribution in [0.1, 0.15) is 43.4 Å². The number of nitrogens with two attached hydrogens (primary N) is 1. The second-order valence-electron chi connectivity index (χ2n) is 5.77. The molecular weight excluding hydrogens is 277 g/mol. The van der Waals surface area contributed by atoms with Gasteiger partial charge in [-0.3, -0.25) is 4.90 Å². The zero-order chi connectivity index (χ0) is 15.5. The smallest absolute Gasteiger partial charge is 0.329 e. The van der Waals surface area contributed by atoms with E-state index in [4.69, 9.17) is 5.73 Å². The van der Waals surface area contributed by atoms with E-state index in [0.717, 1.165) is 38.4 Å². The van der Waals surface area contributed by atoms with Crippen molar-refractivity contribution in [2.75, 3.05) is 19.6 Å². The van der Waals surface area contributed by atoms with E-state index in [1.807, 2.05) is 0 Å². The summed E-state index contributed by atoms with van der Waals surface area (Å²) in [5, 5.41) is 0. The van der Waals surface area contributed by atoms with Gasteiger partial charge in [0.25, 0.3) is 0 Å². The van der Waals surface area contributed by atoms with E-state index in [-0.39, 0.29) is 12.6 Å². The maximum Gasteiger partial charge on any atom is 0.416 e.